The lowest BCUT2D eigenvalue weighted by atomic mass is 10.1. The van der Waals surface area contributed by atoms with Crippen molar-refractivity contribution >= 4 is 17.4 Å². The molecule has 0 aliphatic rings. The van der Waals surface area contributed by atoms with Crippen LogP contribution in [0.1, 0.15) is 41.8 Å². The quantitative estimate of drug-likeness (QED) is 0.806. The fourth-order valence-electron chi connectivity index (χ4n) is 2.53. The summed E-state index contributed by atoms with van der Waals surface area (Å²) < 4.78 is 5.86. The molecule has 2 rings (SSSR count). The SMILES string of the molecule is CC[C@@H](Oc1cc(C)cc(C)c1)C(=O)Nc1cccc(C(C)=O)c1. The van der Waals surface area contributed by atoms with Crippen LogP contribution in [0, 0.1) is 13.8 Å². The van der Waals surface area contributed by atoms with E-state index in [0.29, 0.717) is 23.4 Å². The highest BCUT2D eigenvalue weighted by Crippen LogP contribution is 2.19. The number of Topliss-reactive ketones (excluding diaryl/α,β-unsaturated/α-hetero) is 1. The van der Waals surface area contributed by atoms with Crippen molar-refractivity contribution in [3.63, 3.8) is 0 Å². The molecule has 24 heavy (non-hydrogen) atoms. The van der Waals surface area contributed by atoms with E-state index in [-0.39, 0.29) is 11.7 Å². The van der Waals surface area contributed by atoms with E-state index >= 15 is 0 Å². The molecule has 2 aromatic carbocycles. The molecule has 0 saturated carbocycles. The maximum atomic E-state index is 12.5. The van der Waals surface area contributed by atoms with Gasteiger partial charge in [0.15, 0.2) is 11.9 Å². The van der Waals surface area contributed by atoms with E-state index in [4.69, 9.17) is 4.74 Å². The minimum atomic E-state index is -0.591. The normalized spacial score (nSPS) is 11.7. The van der Waals surface area contributed by atoms with Crippen LogP contribution in [0.15, 0.2) is 42.5 Å². The molecule has 1 amide bonds. The first-order valence-corrected chi connectivity index (χ1v) is 8.06. The smallest absolute Gasteiger partial charge is 0.265 e. The first-order valence-electron chi connectivity index (χ1n) is 8.06. The summed E-state index contributed by atoms with van der Waals surface area (Å²) in [5.74, 6) is 0.425. The number of carbonyl (C=O) groups is 2. The molecule has 0 heterocycles. The van der Waals surface area contributed by atoms with E-state index < -0.39 is 6.10 Å². The third-order valence-corrected chi connectivity index (χ3v) is 3.67. The Balaban J connectivity index is 2.11. The second-order valence-electron chi connectivity index (χ2n) is 5.96. The fraction of sp³-hybridized carbons (Fsp3) is 0.300. The first-order chi connectivity index (χ1) is 11.4. The fourth-order valence-corrected chi connectivity index (χ4v) is 2.53. The molecule has 0 bridgehead atoms. The van der Waals surface area contributed by atoms with Gasteiger partial charge in [0.2, 0.25) is 0 Å². The highest BCUT2D eigenvalue weighted by atomic mass is 16.5. The van der Waals surface area contributed by atoms with Crippen molar-refractivity contribution < 1.29 is 14.3 Å². The highest BCUT2D eigenvalue weighted by molar-refractivity contribution is 5.98. The molecule has 0 aromatic heterocycles. The number of amides is 1. The Morgan fingerprint density at radius 3 is 2.33 bits per heavy atom. The summed E-state index contributed by atoms with van der Waals surface area (Å²) in [7, 11) is 0. The molecule has 0 spiro atoms. The molecule has 0 unspecified atom stereocenters. The molecule has 4 heteroatoms. The Bertz CT molecular complexity index is 732. The standard InChI is InChI=1S/C20H23NO3/c1-5-19(24-18-10-13(2)9-14(3)11-18)20(23)21-17-8-6-7-16(12-17)15(4)22/h6-12,19H,5H2,1-4H3,(H,21,23)/t19-/m1/s1. The van der Waals surface area contributed by atoms with Gasteiger partial charge in [-0.25, -0.2) is 0 Å². The predicted molar refractivity (Wildman–Crippen MR) is 95.7 cm³/mol. The van der Waals surface area contributed by atoms with E-state index in [0.717, 1.165) is 11.1 Å². The summed E-state index contributed by atoms with van der Waals surface area (Å²) in [5, 5.41) is 2.82. The number of carbonyl (C=O) groups excluding carboxylic acids is 2. The van der Waals surface area contributed by atoms with Crippen LogP contribution in [0.3, 0.4) is 0 Å². The van der Waals surface area contributed by atoms with Gasteiger partial charge in [-0.1, -0.05) is 25.1 Å². The Morgan fingerprint density at radius 1 is 1.08 bits per heavy atom. The lowest BCUT2D eigenvalue weighted by molar-refractivity contribution is -0.122. The van der Waals surface area contributed by atoms with Crippen molar-refractivity contribution in [2.45, 2.75) is 40.2 Å². The van der Waals surface area contributed by atoms with E-state index in [1.807, 2.05) is 32.9 Å². The molecule has 0 aliphatic carbocycles. The minimum absolute atomic E-state index is 0.0374. The minimum Gasteiger partial charge on any atom is -0.481 e. The Hall–Kier alpha value is -2.62. The number of ether oxygens (including phenoxy) is 1. The second kappa shape index (κ2) is 7.77. The van der Waals surface area contributed by atoms with Crippen LogP contribution in [0.4, 0.5) is 5.69 Å². The van der Waals surface area contributed by atoms with Gasteiger partial charge in [0.1, 0.15) is 5.75 Å². The summed E-state index contributed by atoms with van der Waals surface area (Å²) in [6.45, 7) is 7.39. The summed E-state index contributed by atoms with van der Waals surface area (Å²) >= 11 is 0. The number of nitrogens with one attached hydrogen (secondary N) is 1. The third-order valence-electron chi connectivity index (χ3n) is 3.67. The van der Waals surface area contributed by atoms with Crippen LogP contribution < -0.4 is 10.1 Å². The topological polar surface area (TPSA) is 55.4 Å². The average molecular weight is 325 g/mol. The lowest BCUT2D eigenvalue weighted by Crippen LogP contribution is -2.32. The van der Waals surface area contributed by atoms with Gasteiger partial charge in [-0.3, -0.25) is 9.59 Å². The maximum Gasteiger partial charge on any atom is 0.265 e. The molecular formula is C20H23NO3. The van der Waals surface area contributed by atoms with Crippen molar-refractivity contribution in [1.82, 2.24) is 0 Å². The third kappa shape index (κ3) is 4.69. The van der Waals surface area contributed by atoms with E-state index in [1.165, 1.54) is 6.92 Å². The summed E-state index contributed by atoms with van der Waals surface area (Å²) in [4.78, 5) is 23.9. The molecule has 0 aliphatic heterocycles. The molecule has 1 N–H and O–H groups in total. The van der Waals surface area contributed by atoms with E-state index in [9.17, 15) is 9.59 Å². The number of benzene rings is 2. The van der Waals surface area contributed by atoms with Crippen LogP contribution in [-0.4, -0.2) is 17.8 Å². The molecule has 0 fully saturated rings. The predicted octanol–water partition coefficient (Wildman–Crippen LogP) is 4.30. The number of hydrogen-bond donors (Lipinski definition) is 1. The molecule has 0 saturated heterocycles. The monoisotopic (exact) mass is 325 g/mol. The zero-order chi connectivity index (χ0) is 17.7. The van der Waals surface area contributed by atoms with Gasteiger partial charge in [-0.2, -0.15) is 0 Å². The number of hydrogen-bond acceptors (Lipinski definition) is 3. The first kappa shape index (κ1) is 17.7. The summed E-state index contributed by atoms with van der Waals surface area (Å²) in [5.41, 5.74) is 3.34. The zero-order valence-corrected chi connectivity index (χ0v) is 14.6. The Labute approximate surface area is 142 Å². The number of aryl methyl sites for hydroxylation is 2. The van der Waals surface area contributed by atoms with Crippen LogP contribution >= 0.6 is 0 Å². The number of anilines is 1. The lowest BCUT2D eigenvalue weighted by Gasteiger charge is -2.18. The average Bonchev–Trinajstić information content (AvgIpc) is 2.51. The van der Waals surface area contributed by atoms with Gasteiger partial charge < -0.3 is 10.1 Å². The van der Waals surface area contributed by atoms with Crippen LogP contribution in [0.25, 0.3) is 0 Å². The largest absolute Gasteiger partial charge is 0.481 e. The van der Waals surface area contributed by atoms with E-state index in [2.05, 4.69) is 11.4 Å². The van der Waals surface area contributed by atoms with Crippen LogP contribution in [0.5, 0.6) is 5.75 Å². The van der Waals surface area contributed by atoms with Gasteiger partial charge in [0.25, 0.3) is 5.91 Å². The molecular weight excluding hydrogens is 302 g/mol. The molecule has 1 atom stereocenters. The maximum absolute atomic E-state index is 12.5. The molecule has 2 aromatic rings. The van der Waals surface area contributed by atoms with Crippen molar-refractivity contribution in [1.29, 1.82) is 0 Å². The van der Waals surface area contributed by atoms with Crippen molar-refractivity contribution in [3.05, 3.63) is 59.2 Å². The van der Waals surface area contributed by atoms with Crippen molar-refractivity contribution in [2.24, 2.45) is 0 Å². The van der Waals surface area contributed by atoms with Gasteiger partial charge in [0, 0.05) is 11.3 Å². The summed E-state index contributed by atoms with van der Waals surface area (Å²) in [6.07, 6.45) is -0.0437. The second-order valence-corrected chi connectivity index (χ2v) is 5.96. The zero-order valence-electron chi connectivity index (χ0n) is 14.6. The van der Waals surface area contributed by atoms with Crippen molar-refractivity contribution in [2.75, 3.05) is 5.32 Å². The number of ketones is 1. The van der Waals surface area contributed by atoms with Gasteiger partial charge in [-0.05, 0) is 62.6 Å². The van der Waals surface area contributed by atoms with Gasteiger partial charge in [0.05, 0.1) is 0 Å². The molecule has 126 valence electrons. The van der Waals surface area contributed by atoms with Crippen LogP contribution in [0.2, 0.25) is 0 Å². The Morgan fingerprint density at radius 2 is 1.75 bits per heavy atom. The van der Waals surface area contributed by atoms with Crippen LogP contribution in [-0.2, 0) is 4.79 Å². The molecule has 0 radical (unpaired) electrons. The Kier molecular flexibility index (Phi) is 5.74. The molecule has 4 nitrogen and oxygen atoms in total. The van der Waals surface area contributed by atoms with E-state index in [1.54, 1.807) is 24.3 Å². The van der Waals surface area contributed by atoms with Crippen molar-refractivity contribution in [3.8, 4) is 5.75 Å². The number of rotatable bonds is 6. The summed E-state index contributed by atoms with van der Waals surface area (Å²) in [6, 6.07) is 12.8. The van der Waals surface area contributed by atoms with Gasteiger partial charge >= 0.3 is 0 Å². The van der Waals surface area contributed by atoms with Gasteiger partial charge in [-0.15, -0.1) is 0 Å². The highest BCUT2D eigenvalue weighted by Gasteiger charge is 2.19.